The summed E-state index contributed by atoms with van der Waals surface area (Å²) in [5.41, 5.74) is 7.16. The monoisotopic (exact) mass is 293 g/mol. The van der Waals surface area contributed by atoms with Gasteiger partial charge in [-0.25, -0.2) is 0 Å². The summed E-state index contributed by atoms with van der Waals surface area (Å²) in [5.74, 6) is 1.65. The third kappa shape index (κ3) is 6.06. The van der Waals surface area contributed by atoms with Crippen LogP contribution in [0.2, 0.25) is 0 Å². The number of aliphatic hydroxyl groups is 1. The van der Waals surface area contributed by atoms with Gasteiger partial charge in [0.1, 0.15) is 5.75 Å². The quantitative estimate of drug-likeness (QED) is 0.730. The van der Waals surface area contributed by atoms with Crippen LogP contribution in [0.4, 0.5) is 0 Å². The van der Waals surface area contributed by atoms with Crippen molar-refractivity contribution in [2.24, 2.45) is 11.7 Å². The van der Waals surface area contributed by atoms with E-state index in [-0.39, 0.29) is 12.0 Å². The van der Waals surface area contributed by atoms with Crippen LogP contribution in [0.1, 0.15) is 58.4 Å². The summed E-state index contributed by atoms with van der Waals surface area (Å²) in [6, 6.07) is 7.96. The van der Waals surface area contributed by atoms with Gasteiger partial charge in [0.2, 0.25) is 0 Å². The molecule has 1 aromatic carbocycles. The van der Waals surface area contributed by atoms with Gasteiger partial charge in [-0.3, -0.25) is 0 Å². The molecule has 0 amide bonds. The molecule has 3 N–H and O–H groups in total. The smallest absolute Gasteiger partial charge is 0.122 e. The lowest BCUT2D eigenvalue weighted by atomic mass is 9.91. The van der Waals surface area contributed by atoms with Crippen LogP contribution in [-0.4, -0.2) is 23.9 Å². The van der Waals surface area contributed by atoms with Crippen LogP contribution in [0.15, 0.2) is 24.3 Å². The van der Waals surface area contributed by atoms with Gasteiger partial charge in [0.25, 0.3) is 0 Å². The van der Waals surface area contributed by atoms with Gasteiger partial charge in [0.15, 0.2) is 0 Å². The fraction of sp³-hybridized carbons (Fsp3) is 0.667. The van der Waals surface area contributed by atoms with Crippen LogP contribution in [0.5, 0.6) is 5.75 Å². The fourth-order valence-electron chi connectivity index (χ4n) is 2.47. The number of ether oxygens (including phenoxy) is 1. The van der Waals surface area contributed by atoms with E-state index in [2.05, 4.69) is 33.8 Å². The number of nitrogens with two attached hydrogens (primary N) is 1. The lowest BCUT2D eigenvalue weighted by Gasteiger charge is -2.23. The first kappa shape index (κ1) is 18.0. The maximum absolute atomic E-state index is 10.2. The Hall–Kier alpha value is -1.06. The van der Waals surface area contributed by atoms with Crippen LogP contribution in [0.25, 0.3) is 0 Å². The maximum atomic E-state index is 10.2. The average Bonchev–Trinajstić information content (AvgIpc) is 2.45. The number of hydrogen-bond acceptors (Lipinski definition) is 3. The van der Waals surface area contributed by atoms with Gasteiger partial charge >= 0.3 is 0 Å². The van der Waals surface area contributed by atoms with Crippen molar-refractivity contribution in [1.82, 2.24) is 0 Å². The Balaban J connectivity index is 2.70. The van der Waals surface area contributed by atoms with Crippen molar-refractivity contribution in [3.05, 3.63) is 29.8 Å². The Morgan fingerprint density at radius 2 is 1.86 bits per heavy atom. The normalized spacial score (nSPS) is 15.8. The molecule has 0 aliphatic heterocycles. The van der Waals surface area contributed by atoms with Crippen LogP contribution in [-0.2, 0) is 0 Å². The summed E-state index contributed by atoms with van der Waals surface area (Å²) < 4.78 is 5.90. The number of rotatable bonds is 9. The molecule has 0 saturated carbocycles. The molecule has 0 saturated heterocycles. The fourth-order valence-corrected chi connectivity index (χ4v) is 2.47. The van der Waals surface area contributed by atoms with Crippen molar-refractivity contribution in [2.75, 3.05) is 6.61 Å². The molecule has 3 heteroatoms. The molecule has 21 heavy (non-hydrogen) atoms. The first-order chi connectivity index (χ1) is 9.95. The summed E-state index contributed by atoms with van der Waals surface area (Å²) in [6.07, 6.45) is 2.07. The van der Waals surface area contributed by atoms with Crippen molar-refractivity contribution >= 4 is 0 Å². The molecule has 0 spiro atoms. The van der Waals surface area contributed by atoms with E-state index in [1.807, 2.05) is 18.2 Å². The summed E-state index contributed by atoms with van der Waals surface area (Å²) in [5, 5.41) is 10.2. The lowest BCUT2D eigenvalue weighted by Crippen LogP contribution is -2.35. The van der Waals surface area contributed by atoms with Crippen molar-refractivity contribution in [1.29, 1.82) is 0 Å². The average molecular weight is 293 g/mol. The molecular formula is C18H31NO2. The zero-order chi connectivity index (χ0) is 15.8. The van der Waals surface area contributed by atoms with E-state index < -0.39 is 6.10 Å². The Morgan fingerprint density at radius 3 is 2.48 bits per heavy atom. The van der Waals surface area contributed by atoms with Gasteiger partial charge in [-0.2, -0.15) is 0 Å². The van der Waals surface area contributed by atoms with Crippen molar-refractivity contribution < 1.29 is 9.84 Å². The summed E-state index contributed by atoms with van der Waals surface area (Å²) in [4.78, 5) is 0. The van der Waals surface area contributed by atoms with E-state index in [1.165, 1.54) is 0 Å². The van der Waals surface area contributed by atoms with Crippen LogP contribution >= 0.6 is 0 Å². The maximum Gasteiger partial charge on any atom is 0.122 e. The first-order valence-corrected chi connectivity index (χ1v) is 8.11. The zero-order valence-electron chi connectivity index (χ0n) is 13.9. The van der Waals surface area contributed by atoms with Crippen LogP contribution in [0.3, 0.4) is 0 Å². The minimum atomic E-state index is -0.460. The molecule has 3 unspecified atom stereocenters. The second kappa shape index (κ2) is 9.06. The van der Waals surface area contributed by atoms with E-state index in [0.717, 1.165) is 24.2 Å². The van der Waals surface area contributed by atoms with Crippen molar-refractivity contribution in [3.8, 4) is 5.75 Å². The minimum Gasteiger partial charge on any atom is -0.493 e. The Bertz CT molecular complexity index is 406. The molecule has 3 atom stereocenters. The van der Waals surface area contributed by atoms with Crippen molar-refractivity contribution in [2.45, 2.75) is 65.0 Å². The number of para-hydroxylation sites is 1. The predicted molar refractivity (Wildman–Crippen MR) is 88.7 cm³/mol. The molecule has 0 heterocycles. The highest BCUT2D eigenvalue weighted by atomic mass is 16.5. The Morgan fingerprint density at radius 1 is 1.19 bits per heavy atom. The molecule has 0 aliphatic carbocycles. The largest absolute Gasteiger partial charge is 0.493 e. The summed E-state index contributed by atoms with van der Waals surface area (Å²) in [7, 11) is 0. The molecule has 1 aromatic rings. The predicted octanol–water partition coefficient (Wildman–Crippen LogP) is 3.70. The number of hydrogen-bond donors (Lipinski definition) is 2. The van der Waals surface area contributed by atoms with Gasteiger partial charge in [0, 0.05) is 6.04 Å². The summed E-state index contributed by atoms with van der Waals surface area (Å²) in [6.45, 7) is 9.20. The zero-order valence-corrected chi connectivity index (χ0v) is 13.9. The molecule has 0 bridgehead atoms. The van der Waals surface area contributed by atoms with E-state index >= 15 is 0 Å². The molecule has 1 rings (SSSR count). The van der Waals surface area contributed by atoms with Crippen LogP contribution in [0, 0.1) is 5.92 Å². The standard InChI is InChI=1S/C18H31NO2/c1-5-8-16(19)17(20)11-14(4)15-9-6-7-10-18(15)21-12-13(2)3/h6-7,9-10,13-14,16-17,20H,5,8,11-12,19H2,1-4H3. The van der Waals surface area contributed by atoms with Gasteiger partial charge < -0.3 is 15.6 Å². The molecular weight excluding hydrogens is 262 g/mol. The Labute approximate surface area is 129 Å². The van der Waals surface area contributed by atoms with Gasteiger partial charge in [-0.1, -0.05) is 52.3 Å². The molecule has 0 aliphatic rings. The van der Waals surface area contributed by atoms with E-state index in [4.69, 9.17) is 10.5 Å². The molecule has 120 valence electrons. The SMILES string of the molecule is CCCC(N)C(O)CC(C)c1ccccc1OCC(C)C. The Kier molecular flexibility index (Phi) is 7.76. The summed E-state index contributed by atoms with van der Waals surface area (Å²) >= 11 is 0. The highest BCUT2D eigenvalue weighted by Gasteiger charge is 2.20. The van der Waals surface area contributed by atoms with E-state index in [1.54, 1.807) is 0 Å². The molecule has 0 radical (unpaired) electrons. The topological polar surface area (TPSA) is 55.5 Å². The third-order valence-electron chi connectivity index (χ3n) is 3.73. The molecule has 3 nitrogen and oxygen atoms in total. The van der Waals surface area contributed by atoms with Gasteiger partial charge in [-0.05, 0) is 36.3 Å². The number of benzene rings is 1. The number of aliphatic hydroxyl groups excluding tert-OH is 1. The second-order valence-electron chi connectivity index (χ2n) is 6.40. The van der Waals surface area contributed by atoms with Crippen molar-refractivity contribution in [3.63, 3.8) is 0 Å². The lowest BCUT2D eigenvalue weighted by molar-refractivity contribution is 0.123. The molecule has 0 aromatic heterocycles. The highest BCUT2D eigenvalue weighted by Crippen LogP contribution is 2.30. The van der Waals surface area contributed by atoms with Crippen LogP contribution < -0.4 is 10.5 Å². The molecule has 0 fully saturated rings. The van der Waals surface area contributed by atoms with E-state index in [9.17, 15) is 5.11 Å². The second-order valence-corrected chi connectivity index (χ2v) is 6.40. The highest BCUT2D eigenvalue weighted by molar-refractivity contribution is 5.36. The van der Waals surface area contributed by atoms with Gasteiger partial charge in [0.05, 0.1) is 12.7 Å². The minimum absolute atomic E-state index is 0.138. The van der Waals surface area contributed by atoms with E-state index in [0.29, 0.717) is 18.9 Å². The first-order valence-electron chi connectivity index (χ1n) is 8.11. The third-order valence-corrected chi connectivity index (χ3v) is 3.73. The van der Waals surface area contributed by atoms with Gasteiger partial charge in [-0.15, -0.1) is 0 Å².